The van der Waals surface area contributed by atoms with Gasteiger partial charge in [0.2, 0.25) is 0 Å². The highest BCUT2D eigenvalue weighted by molar-refractivity contribution is 5.69. The maximum Gasteiger partial charge on any atom is 0.304 e. The van der Waals surface area contributed by atoms with E-state index in [-0.39, 0.29) is 18.6 Å². The lowest BCUT2D eigenvalue weighted by Crippen LogP contribution is -2.44. The van der Waals surface area contributed by atoms with Crippen molar-refractivity contribution in [1.82, 2.24) is 0 Å². The number of carboxylic acids is 1. The Kier molecular flexibility index (Phi) is 5.57. The molecule has 4 nitrogen and oxygen atoms in total. The Labute approximate surface area is 120 Å². The SMILES string of the molecule is CCC(N)C(C)(CC(=O)O)c1ccc(OC(C)C)cc1. The number of carbonyl (C=O) groups is 1. The van der Waals surface area contributed by atoms with Crippen LogP contribution in [0, 0.1) is 0 Å². The lowest BCUT2D eigenvalue weighted by atomic mass is 9.73. The van der Waals surface area contributed by atoms with Crippen LogP contribution in [0.5, 0.6) is 5.75 Å². The third-order valence-corrected chi connectivity index (χ3v) is 3.66. The fourth-order valence-electron chi connectivity index (χ4n) is 2.40. The number of rotatable bonds is 7. The number of nitrogens with two attached hydrogens (primary N) is 1. The molecule has 0 aliphatic carbocycles. The van der Waals surface area contributed by atoms with Crippen molar-refractivity contribution in [3.05, 3.63) is 29.8 Å². The van der Waals surface area contributed by atoms with Crippen LogP contribution >= 0.6 is 0 Å². The van der Waals surface area contributed by atoms with Crippen LogP contribution in [0.2, 0.25) is 0 Å². The van der Waals surface area contributed by atoms with Gasteiger partial charge in [-0.05, 0) is 38.0 Å². The van der Waals surface area contributed by atoms with Crippen molar-refractivity contribution in [3.63, 3.8) is 0 Å². The molecule has 3 N–H and O–H groups in total. The van der Waals surface area contributed by atoms with Crippen molar-refractivity contribution in [2.24, 2.45) is 5.73 Å². The normalized spacial score (nSPS) is 15.7. The van der Waals surface area contributed by atoms with Crippen molar-refractivity contribution in [1.29, 1.82) is 0 Å². The highest BCUT2D eigenvalue weighted by Gasteiger charge is 2.35. The van der Waals surface area contributed by atoms with Gasteiger partial charge in [-0.15, -0.1) is 0 Å². The summed E-state index contributed by atoms with van der Waals surface area (Å²) in [6.07, 6.45) is 0.865. The zero-order valence-corrected chi connectivity index (χ0v) is 12.7. The first-order chi connectivity index (χ1) is 9.29. The zero-order valence-electron chi connectivity index (χ0n) is 12.7. The summed E-state index contributed by atoms with van der Waals surface area (Å²) in [5.41, 5.74) is 6.52. The number of benzene rings is 1. The van der Waals surface area contributed by atoms with Crippen molar-refractivity contribution in [2.75, 3.05) is 0 Å². The first kappa shape index (κ1) is 16.5. The van der Waals surface area contributed by atoms with E-state index in [1.807, 2.05) is 52.0 Å². The summed E-state index contributed by atoms with van der Waals surface area (Å²) in [5.74, 6) is -0.0506. The summed E-state index contributed by atoms with van der Waals surface area (Å²) in [7, 11) is 0. The number of ether oxygens (including phenoxy) is 1. The molecule has 0 radical (unpaired) electrons. The van der Waals surface area contributed by atoms with Crippen LogP contribution < -0.4 is 10.5 Å². The Balaban J connectivity index is 3.05. The predicted octanol–water partition coefficient (Wildman–Crippen LogP) is 2.94. The standard InChI is InChI=1S/C16H25NO3/c1-5-14(17)16(4,10-15(18)19)12-6-8-13(9-7-12)20-11(2)3/h6-9,11,14H,5,10,17H2,1-4H3,(H,18,19). The monoisotopic (exact) mass is 279 g/mol. The molecule has 0 aromatic heterocycles. The molecule has 112 valence electrons. The Bertz CT molecular complexity index is 442. The van der Waals surface area contributed by atoms with Crippen molar-refractivity contribution in [3.8, 4) is 5.75 Å². The average Bonchev–Trinajstić information content (AvgIpc) is 2.36. The second-order valence-electron chi connectivity index (χ2n) is 5.69. The van der Waals surface area contributed by atoms with Crippen LogP contribution in [0.25, 0.3) is 0 Å². The summed E-state index contributed by atoms with van der Waals surface area (Å²) in [4.78, 5) is 11.1. The first-order valence-corrected chi connectivity index (χ1v) is 7.04. The van der Waals surface area contributed by atoms with Gasteiger partial charge in [-0.1, -0.05) is 26.0 Å². The molecule has 4 heteroatoms. The molecular weight excluding hydrogens is 254 g/mol. The third-order valence-electron chi connectivity index (χ3n) is 3.66. The van der Waals surface area contributed by atoms with Crippen LogP contribution in [0.1, 0.15) is 46.1 Å². The van der Waals surface area contributed by atoms with E-state index in [9.17, 15) is 4.79 Å². The summed E-state index contributed by atoms with van der Waals surface area (Å²) < 4.78 is 5.60. The predicted molar refractivity (Wildman–Crippen MR) is 80.1 cm³/mol. The fraction of sp³-hybridized carbons (Fsp3) is 0.562. The molecule has 0 spiro atoms. The van der Waals surface area contributed by atoms with Crippen LogP contribution in [0.4, 0.5) is 0 Å². The maximum atomic E-state index is 11.1. The Hall–Kier alpha value is -1.55. The molecule has 0 aliphatic rings. The van der Waals surface area contributed by atoms with Crippen LogP contribution in [0.15, 0.2) is 24.3 Å². The van der Waals surface area contributed by atoms with E-state index in [0.29, 0.717) is 0 Å². The average molecular weight is 279 g/mol. The van der Waals surface area contributed by atoms with Crippen molar-refractivity contribution < 1.29 is 14.6 Å². The Morgan fingerprint density at radius 1 is 1.35 bits per heavy atom. The van der Waals surface area contributed by atoms with Crippen LogP contribution in [-0.4, -0.2) is 23.2 Å². The van der Waals surface area contributed by atoms with E-state index in [1.54, 1.807) is 0 Å². The molecule has 0 saturated carbocycles. The molecule has 2 atom stereocenters. The second-order valence-corrected chi connectivity index (χ2v) is 5.69. The number of hydrogen-bond acceptors (Lipinski definition) is 3. The van der Waals surface area contributed by atoms with E-state index in [0.717, 1.165) is 17.7 Å². The quantitative estimate of drug-likeness (QED) is 0.805. The van der Waals surface area contributed by atoms with Crippen LogP contribution in [0.3, 0.4) is 0 Å². The molecule has 2 unspecified atom stereocenters. The fourth-order valence-corrected chi connectivity index (χ4v) is 2.40. The number of aliphatic carboxylic acids is 1. The largest absolute Gasteiger partial charge is 0.491 e. The minimum absolute atomic E-state index is 0.0202. The molecule has 0 amide bonds. The highest BCUT2D eigenvalue weighted by atomic mass is 16.5. The minimum atomic E-state index is -0.834. The molecule has 0 bridgehead atoms. The van der Waals surface area contributed by atoms with Crippen LogP contribution in [-0.2, 0) is 10.2 Å². The molecule has 0 aliphatic heterocycles. The first-order valence-electron chi connectivity index (χ1n) is 7.04. The molecule has 1 aromatic carbocycles. The van der Waals surface area contributed by atoms with Gasteiger partial charge < -0.3 is 15.6 Å². The lowest BCUT2D eigenvalue weighted by molar-refractivity contribution is -0.138. The second kappa shape index (κ2) is 6.75. The molecule has 1 aromatic rings. The van der Waals surface area contributed by atoms with Gasteiger partial charge in [0, 0.05) is 11.5 Å². The summed E-state index contributed by atoms with van der Waals surface area (Å²) in [6, 6.07) is 7.37. The Morgan fingerprint density at radius 3 is 2.30 bits per heavy atom. The van der Waals surface area contributed by atoms with Gasteiger partial charge in [0.1, 0.15) is 5.75 Å². The number of carboxylic acid groups (broad SMARTS) is 1. The lowest BCUT2D eigenvalue weighted by Gasteiger charge is -2.34. The topological polar surface area (TPSA) is 72.6 Å². The van der Waals surface area contributed by atoms with Crippen molar-refractivity contribution >= 4 is 5.97 Å². The van der Waals surface area contributed by atoms with Gasteiger partial charge in [0.05, 0.1) is 12.5 Å². The molecule has 0 heterocycles. The van der Waals surface area contributed by atoms with E-state index in [1.165, 1.54) is 0 Å². The van der Waals surface area contributed by atoms with Gasteiger partial charge in [0.25, 0.3) is 0 Å². The van der Waals surface area contributed by atoms with Gasteiger partial charge in [0.15, 0.2) is 0 Å². The summed E-state index contributed by atoms with van der Waals surface area (Å²) >= 11 is 0. The van der Waals surface area contributed by atoms with Gasteiger partial charge in [-0.25, -0.2) is 0 Å². The van der Waals surface area contributed by atoms with Gasteiger partial charge in [-0.2, -0.15) is 0 Å². The zero-order chi connectivity index (χ0) is 15.3. The van der Waals surface area contributed by atoms with E-state index in [4.69, 9.17) is 15.6 Å². The molecule has 20 heavy (non-hydrogen) atoms. The number of hydrogen-bond donors (Lipinski definition) is 2. The molecule has 0 saturated heterocycles. The third kappa shape index (κ3) is 3.97. The highest BCUT2D eigenvalue weighted by Crippen LogP contribution is 2.33. The van der Waals surface area contributed by atoms with Gasteiger partial charge in [-0.3, -0.25) is 4.79 Å². The smallest absolute Gasteiger partial charge is 0.304 e. The minimum Gasteiger partial charge on any atom is -0.491 e. The van der Waals surface area contributed by atoms with E-state index >= 15 is 0 Å². The van der Waals surface area contributed by atoms with E-state index in [2.05, 4.69) is 0 Å². The molecular formula is C16H25NO3. The van der Waals surface area contributed by atoms with Gasteiger partial charge >= 0.3 is 5.97 Å². The maximum absolute atomic E-state index is 11.1. The van der Waals surface area contributed by atoms with E-state index < -0.39 is 11.4 Å². The summed E-state index contributed by atoms with van der Waals surface area (Å²) in [5, 5.41) is 9.15. The molecule has 0 fully saturated rings. The summed E-state index contributed by atoms with van der Waals surface area (Å²) in [6.45, 7) is 7.82. The molecule has 1 rings (SSSR count). The Morgan fingerprint density at radius 2 is 1.90 bits per heavy atom. The van der Waals surface area contributed by atoms with Crippen molar-refractivity contribution in [2.45, 2.75) is 58.1 Å².